The summed E-state index contributed by atoms with van der Waals surface area (Å²) in [5.74, 6) is 5.11. The first-order chi connectivity index (χ1) is 7.63. The van der Waals surface area contributed by atoms with Gasteiger partial charge in [-0.1, -0.05) is 6.92 Å². The molecule has 86 valence electrons. The van der Waals surface area contributed by atoms with E-state index in [2.05, 4.69) is 22.7 Å². The van der Waals surface area contributed by atoms with Crippen LogP contribution in [0.15, 0.2) is 18.3 Å². The van der Waals surface area contributed by atoms with Crippen LogP contribution in [0.3, 0.4) is 0 Å². The van der Waals surface area contributed by atoms with Gasteiger partial charge in [-0.15, -0.1) is 0 Å². The average Bonchev–Trinajstić information content (AvgIpc) is 3.05. The Balaban J connectivity index is 1.97. The molecule has 0 unspecified atom stereocenters. The van der Waals surface area contributed by atoms with Gasteiger partial charge in [0.15, 0.2) is 0 Å². The van der Waals surface area contributed by atoms with Crippen LogP contribution in [0.5, 0.6) is 0 Å². The van der Waals surface area contributed by atoms with Crippen LogP contribution >= 0.6 is 0 Å². The number of carbonyl (C=O) groups is 1. The molecule has 4 N–H and O–H groups in total. The first-order valence-corrected chi connectivity index (χ1v) is 5.34. The number of hydrogen-bond acceptors (Lipinski definition) is 4. The molecule has 0 aromatic carbocycles. The summed E-state index contributed by atoms with van der Waals surface area (Å²) in [6, 6.07) is 3.34. The molecule has 5 heteroatoms. The molecule has 16 heavy (non-hydrogen) atoms. The van der Waals surface area contributed by atoms with E-state index in [1.807, 2.05) is 0 Å². The Morgan fingerprint density at radius 2 is 2.38 bits per heavy atom. The summed E-state index contributed by atoms with van der Waals surface area (Å²) >= 11 is 0. The molecule has 1 amide bonds. The number of hydrazine groups is 1. The van der Waals surface area contributed by atoms with Crippen LogP contribution in [0, 0.1) is 5.41 Å². The topological polar surface area (TPSA) is 80.0 Å². The van der Waals surface area contributed by atoms with E-state index in [1.54, 1.807) is 18.3 Å². The number of nitrogens with one attached hydrogen (secondary N) is 2. The van der Waals surface area contributed by atoms with Gasteiger partial charge < -0.3 is 10.7 Å². The molecule has 1 aromatic rings. The van der Waals surface area contributed by atoms with Crippen molar-refractivity contribution in [3.05, 3.63) is 24.0 Å². The molecule has 1 aliphatic rings. The Kier molecular flexibility index (Phi) is 2.78. The highest BCUT2D eigenvalue weighted by Crippen LogP contribution is 2.44. The molecule has 0 radical (unpaired) electrons. The van der Waals surface area contributed by atoms with Crippen LogP contribution in [0.4, 0.5) is 5.69 Å². The van der Waals surface area contributed by atoms with Crippen molar-refractivity contribution in [3.8, 4) is 0 Å². The number of nitrogens with zero attached hydrogens (tertiary/aromatic N) is 1. The van der Waals surface area contributed by atoms with Crippen molar-refractivity contribution in [2.75, 3.05) is 12.0 Å². The molecule has 0 atom stereocenters. The molecule has 2 rings (SSSR count). The number of nitrogens with two attached hydrogens (primary N) is 1. The van der Waals surface area contributed by atoms with Crippen LogP contribution in [0.1, 0.15) is 30.3 Å². The average molecular weight is 220 g/mol. The van der Waals surface area contributed by atoms with E-state index in [-0.39, 0.29) is 5.91 Å². The lowest BCUT2D eigenvalue weighted by Crippen LogP contribution is -2.29. The van der Waals surface area contributed by atoms with Crippen molar-refractivity contribution < 1.29 is 4.79 Å². The maximum atomic E-state index is 11.7. The number of amides is 1. The minimum absolute atomic E-state index is 0.148. The van der Waals surface area contributed by atoms with Gasteiger partial charge in [0.05, 0.1) is 5.69 Å². The molecule has 1 heterocycles. The standard InChI is InChI=1S/C11H16N4O/c1-11(3-4-11)7-14-10(16)9-6-8(15-12)2-5-13-9/h2,5-6H,3-4,7,12H2,1H3,(H,13,15)(H,14,16). The summed E-state index contributed by atoms with van der Waals surface area (Å²) in [5, 5.41) is 2.88. The molecule has 0 aliphatic heterocycles. The van der Waals surface area contributed by atoms with Gasteiger partial charge in [0, 0.05) is 12.7 Å². The molecule has 1 aliphatic carbocycles. The van der Waals surface area contributed by atoms with Crippen LogP contribution < -0.4 is 16.6 Å². The number of rotatable bonds is 4. The predicted octanol–water partition coefficient (Wildman–Crippen LogP) is 0.897. The fourth-order valence-electron chi connectivity index (χ4n) is 1.42. The lowest BCUT2D eigenvalue weighted by molar-refractivity contribution is 0.0941. The minimum atomic E-state index is -0.148. The van der Waals surface area contributed by atoms with E-state index >= 15 is 0 Å². The van der Waals surface area contributed by atoms with Gasteiger partial charge in [0.2, 0.25) is 0 Å². The zero-order chi connectivity index (χ0) is 11.6. The minimum Gasteiger partial charge on any atom is -0.350 e. The zero-order valence-corrected chi connectivity index (χ0v) is 9.29. The Morgan fingerprint density at radius 3 is 3.00 bits per heavy atom. The molecule has 0 saturated heterocycles. The largest absolute Gasteiger partial charge is 0.350 e. The Morgan fingerprint density at radius 1 is 1.62 bits per heavy atom. The van der Waals surface area contributed by atoms with Crippen molar-refractivity contribution >= 4 is 11.6 Å². The van der Waals surface area contributed by atoms with Gasteiger partial charge >= 0.3 is 0 Å². The summed E-state index contributed by atoms with van der Waals surface area (Å²) in [4.78, 5) is 15.7. The number of anilines is 1. The van der Waals surface area contributed by atoms with Crippen molar-refractivity contribution in [1.29, 1.82) is 0 Å². The van der Waals surface area contributed by atoms with Gasteiger partial charge in [-0.3, -0.25) is 15.6 Å². The SMILES string of the molecule is CC1(CNC(=O)c2cc(NN)ccn2)CC1. The number of hydrogen-bond donors (Lipinski definition) is 3. The van der Waals surface area contributed by atoms with Crippen LogP contribution in [0.25, 0.3) is 0 Å². The van der Waals surface area contributed by atoms with E-state index in [0.29, 0.717) is 23.3 Å². The third kappa shape index (κ3) is 2.49. The van der Waals surface area contributed by atoms with Crippen molar-refractivity contribution in [2.45, 2.75) is 19.8 Å². The van der Waals surface area contributed by atoms with E-state index in [1.165, 1.54) is 12.8 Å². The number of aromatic nitrogens is 1. The summed E-state index contributed by atoms with van der Waals surface area (Å²) in [7, 11) is 0. The number of pyridine rings is 1. The quantitative estimate of drug-likeness (QED) is 0.520. The number of carbonyl (C=O) groups excluding carboxylic acids is 1. The van der Waals surface area contributed by atoms with Crippen LogP contribution in [-0.4, -0.2) is 17.4 Å². The maximum absolute atomic E-state index is 11.7. The fraction of sp³-hybridized carbons (Fsp3) is 0.455. The number of nitrogen functional groups attached to an aromatic ring is 1. The highest BCUT2D eigenvalue weighted by atomic mass is 16.1. The van der Waals surface area contributed by atoms with E-state index in [9.17, 15) is 4.79 Å². The summed E-state index contributed by atoms with van der Waals surface area (Å²) < 4.78 is 0. The van der Waals surface area contributed by atoms with Crippen molar-refractivity contribution in [2.24, 2.45) is 11.3 Å². The highest BCUT2D eigenvalue weighted by Gasteiger charge is 2.37. The molecular weight excluding hydrogens is 204 g/mol. The maximum Gasteiger partial charge on any atom is 0.269 e. The lowest BCUT2D eigenvalue weighted by atomic mass is 10.1. The van der Waals surface area contributed by atoms with Crippen molar-refractivity contribution in [3.63, 3.8) is 0 Å². The first-order valence-electron chi connectivity index (χ1n) is 5.34. The van der Waals surface area contributed by atoms with E-state index < -0.39 is 0 Å². The zero-order valence-electron chi connectivity index (χ0n) is 9.29. The van der Waals surface area contributed by atoms with Crippen LogP contribution in [-0.2, 0) is 0 Å². The smallest absolute Gasteiger partial charge is 0.269 e. The van der Waals surface area contributed by atoms with Gasteiger partial charge in [0.1, 0.15) is 5.69 Å². The first kappa shape index (κ1) is 10.9. The molecule has 1 aromatic heterocycles. The van der Waals surface area contributed by atoms with Crippen LogP contribution in [0.2, 0.25) is 0 Å². The fourth-order valence-corrected chi connectivity index (χ4v) is 1.42. The Labute approximate surface area is 94.4 Å². The second kappa shape index (κ2) is 4.09. The van der Waals surface area contributed by atoms with Crippen molar-refractivity contribution in [1.82, 2.24) is 10.3 Å². The third-order valence-electron chi connectivity index (χ3n) is 2.94. The second-order valence-electron chi connectivity index (χ2n) is 4.57. The summed E-state index contributed by atoms with van der Waals surface area (Å²) in [6.07, 6.45) is 3.93. The van der Waals surface area contributed by atoms with E-state index in [0.717, 1.165) is 0 Å². The van der Waals surface area contributed by atoms with Gasteiger partial charge in [-0.25, -0.2) is 0 Å². The Bertz CT molecular complexity index is 401. The van der Waals surface area contributed by atoms with Gasteiger partial charge in [-0.05, 0) is 30.4 Å². The third-order valence-corrected chi connectivity index (χ3v) is 2.94. The molecule has 0 spiro atoms. The van der Waals surface area contributed by atoms with E-state index in [4.69, 9.17) is 5.84 Å². The normalized spacial score (nSPS) is 16.6. The molecular formula is C11H16N4O. The highest BCUT2D eigenvalue weighted by molar-refractivity contribution is 5.93. The molecule has 1 fully saturated rings. The predicted molar refractivity (Wildman–Crippen MR) is 61.7 cm³/mol. The molecule has 1 saturated carbocycles. The summed E-state index contributed by atoms with van der Waals surface area (Å²) in [5.41, 5.74) is 3.86. The summed E-state index contributed by atoms with van der Waals surface area (Å²) in [6.45, 7) is 2.88. The van der Waals surface area contributed by atoms with Gasteiger partial charge in [0.25, 0.3) is 5.91 Å². The monoisotopic (exact) mass is 220 g/mol. The molecule has 0 bridgehead atoms. The lowest BCUT2D eigenvalue weighted by Gasteiger charge is -2.10. The molecule has 5 nitrogen and oxygen atoms in total. The Hall–Kier alpha value is -1.62. The van der Waals surface area contributed by atoms with Gasteiger partial charge in [-0.2, -0.15) is 0 Å². The second-order valence-corrected chi connectivity index (χ2v) is 4.57.